The third kappa shape index (κ3) is 2.42. The molecule has 0 atom stereocenters. The number of anilines is 1. The van der Waals surface area contributed by atoms with Gasteiger partial charge < -0.3 is 11.1 Å². The van der Waals surface area contributed by atoms with Crippen LogP contribution in [0.15, 0.2) is 18.2 Å². The second-order valence-corrected chi connectivity index (χ2v) is 1.45. The number of hydrogen-bond donors (Lipinski definition) is 2. The first-order chi connectivity index (χ1) is 3.79. The maximum Gasteiger partial charge on any atom is 0.0631 e. The molecule has 3 nitrogen and oxygen atoms in total. The molecule has 3 N–H and O–H groups in total. The molecule has 1 aromatic rings. The van der Waals surface area contributed by atoms with Crippen molar-refractivity contribution >= 4 is 5.82 Å². The molecule has 0 spiro atoms. The summed E-state index contributed by atoms with van der Waals surface area (Å²) < 4.78 is 0. The van der Waals surface area contributed by atoms with Gasteiger partial charge in [0.25, 0.3) is 0 Å². The van der Waals surface area contributed by atoms with Crippen molar-refractivity contribution in [3.8, 4) is 0 Å². The van der Waals surface area contributed by atoms with E-state index in [-0.39, 0.29) is 25.0 Å². The molecule has 0 bridgehead atoms. The Labute approximate surface area is 65.6 Å². The predicted molar refractivity (Wildman–Crippen MR) is 30.1 cm³/mol. The summed E-state index contributed by atoms with van der Waals surface area (Å²) in [6, 6.07) is 4.93. The van der Waals surface area contributed by atoms with Crippen LogP contribution >= 0.6 is 0 Å². The normalized spacial score (nSPS) is 8.00. The Bertz CT molecular complexity index is 230. The SMILES string of the molecule is N=c1cc[cH-]c(N)n1.[Rh]. The van der Waals surface area contributed by atoms with Crippen molar-refractivity contribution in [1.82, 2.24) is 4.98 Å². The molecule has 1 radical (unpaired) electrons. The number of nitrogen functional groups attached to an aromatic ring is 1. The van der Waals surface area contributed by atoms with E-state index in [4.69, 9.17) is 11.1 Å². The Morgan fingerprint density at radius 1 is 1.67 bits per heavy atom. The van der Waals surface area contributed by atoms with Crippen LogP contribution in [0.25, 0.3) is 0 Å². The van der Waals surface area contributed by atoms with Gasteiger partial charge in [-0.1, -0.05) is 0 Å². The largest absolute Gasteiger partial charge is 0.399 e. The van der Waals surface area contributed by atoms with Gasteiger partial charge in [0.2, 0.25) is 0 Å². The van der Waals surface area contributed by atoms with Crippen LogP contribution in [-0.4, -0.2) is 4.98 Å². The molecule has 0 aromatic carbocycles. The van der Waals surface area contributed by atoms with E-state index in [0.717, 1.165) is 0 Å². The van der Waals surface area contributed by atoms with Gasteiger partial charge in [0, 0.05) is 25.3 Å². The summed E-state index contributed by atoms with van der Waals surface area (Å²) in [5.41, 5.74) is 5.44. The van der Waals surface area contributed by atoms with Crippen molar-refractivity contribution < 1.29 is 19.5 Å². The third-order valence-electron chi connectivity index (χ3n) is 0.771. The number of aromatic nitrogens is 1. The minimum absolute atomic E-state index is 0. The Balaban J connectivity index is 0.000000640. The summed E-state index contributed by atoms with van der Waals surface area (Å²) in [6.45, 7) is 0. The first-order valence-electron chi connectivity index (χ1n) is 2.23. The first kappa shape index (κ1) is 8.37. The van der Waals surface area contributed by atoms with Crippen molar-refractivity contribution in [2.45, 2.75) is 0 Å². The molecule has 1 heterocycles. The van der Waals surface area contributed by atoms with Gasteiger partial charge in [-0.15, -0.1) is 0 Å². The van der Waals surface area contributed by atoms with Crippen LogP contribution in [0.2, 0.25) is 0 Å². The molecule has 0 fully saturated rings. The zero-order valence-electron chi connectivity index (χ0n) is 4.59. The fourth-order valence-electron chi connectivity index (χ4n) is 0.451. The summed E-state index contributed by atoms with van der Waals surface area (Å²) in [7, 11) is 0. The van der Waals surface area contributed by atoms with Crippen LogP contribution in [0, 0.1) is 5.41 Å². The summed E-state index contributed by atoms with van der Waals surface area (Å²) in [5, 5.41) is 6.94. The van der Waals surface area contributed by atoms with Gasteiger partial charge >= 0.3 is 0 Å². The van der Waals surface area contributed by atoms with E-state index < -0.39 is 0 Å². The second kappa shape index (κ2) is 3.41. The fourth-order valence-corrected chi connectivity index (χ4v) is 0.451. The maximum atomic E-state index is 6.94. The summed E-state index contributed by atoms with van der Waals surface area (Å²) >= 11 is 0. The number of pyridine rings is 1. The number of nitrogens with two attached hydrogens (primary N) is 1. The topological polar surface area (TPSA) is 62.8 Å². The van der Waals surface area contributed by atoms with Gasteiger partial charge in [0.1, 0.15) is 0 Å². The van der Waals surface area contributed by atoms with E-state index in [1.165, 1.54) is 0 Å². The molecular weight excluding hydrogens is 205 g/mol. The Morgan fingerprint density at radius 3 is 2.67 bits per heavy atom. The van der Waals surface area contributed by atoms with Crippen molar-refractivity contribution in [2.75, 3.05) is 5.73 Å². The van der Waals surface area contributed by atoms with Crippen LogP contribution in [0.1, 0.15) is 0 Å². The Kier molecular flexibility index (Phi) is 3.17. The van der Waals surface area contributed by atoms with Crippen molar-refractivity contribution in [3.63, 3.8) is 0 Å². The van der Waals surface area contributed by atoms with Crippen LogP contribution in [0.4, 0.5) is 5.82 Å². The first-order valence-corrected chi connectivity index (χ1v) is 2.23. The van der Waals surface area contributed by atoms with Crippen LogP contribution in [0.3, 0.4) is 0 Å². The van der Waals surface area contributed by atoms with Gasteiger partial charge in [0.05, 0.1) is 5.49 Å². The zero-order valence-corrected chi connectivity index (χ0v) is 6.23. The standard InChI is InChI=1S/C5H6N3.Rh/c6-4-2-1-3-5(7)8-4;/h1-3H,(H3,6,7,8);/q-1;. The molecule has 1 rings (SSSR count). The molecule has 4 heteroatoms. The van der Waals surface area contributed by atoms with E-state index in [1.807, 2.05) is 0 Å². The Hall–Kier alpha value is -0.627. The fraction of sp³-hybridized carbons (Fsp3) is 0. The summed E-state index contributed by atoms with van der Waals surface area (Å²) in [4.78, 5) is 3.62. The number of nitrogens with one attached hydrogen (secondary N) is 1. The molecule has 0 aliphatic carbocycles. The molecule has 9 heavy (non-hydrogen) atoms. The van der Waals surface area contributed by atoms with Gasteiger partial charge in [-0.25, -0.2) is 6.07 Å². The average Bonchev–Trinajstić information content (AvgIpc) is 1.64. The molecular formula is C5H6N3Rh-. The number of hydrogen-bond acceptors (Lipinski definition) is 3. The summed E-state index contributed by atoms with van der Waals surface area (Å²) in [5.74, 6) is 0.400. The molecule has 0 saturated heterocycles. The molecule has 0 aliphatic heterocycles. The summed E-state index contributed by atoms with van der Waals surface area (Å²) in [6.07, 6.45) is 0. The minimum atomic E-state index is 0. The molecule has 0 saturated carbocycles. The quantitative estimate of drug-likeness (QED) is 0.463. The molecule has 0 aliphatic rings. The van der Waals surface area contributed by atoms with E-state index in [2.05, 4.69) is 4.98 Å². The average molecular weight is 211 g/mol. The van der Waals surface area contributed by atoms with Gasteiger partial charge in [-0.2, -0.15) is 12.1 Å². The van der Waals surface area contributed by atoms with E-state index in [1.54, 1.807) is 18.2 Å². The van der Waals surface area contributed by atoms with Crippen LogP contribution in [0.5, 0.6) is 0 Å². The zero-order chi connectivity index (χ0) is 5.98. The van der Waals surface area contributed by atoms with Crippen LogP contribution in [-0.2, 0) is 19.5 Å². The van der Waals surface area contributed by atoms with E-state index in [9.17, 15) is 0 Å². The van der Waals surface area contributed by atoms with Crippen molar-refractivity contribution in [3.05, 3.63) is 23.7 Å². The monoisotopic (exact) mass is 211 g/mol. The molecule has 1 aromatic heterocycles. The van der Waals surface area contributed by atoms with E-state index >= 15 is 0 Å². The van der Waals surface area contributed by atoms with E-state index in [0.29, 0.717) is 5.82 Å². The predicted octanol–water partition coefficient (Wildman–Crippen LogP) is -0.140. The van der Waals surface area contributed by atoms with Crippen LogP contribution < -0.4 is 11.2 Å². The second-order valence-electron chi connectivity index (χ2n) is 1.45. The number of rotatable bonds is 0. The third-order valence-corrected chi connectivity index (χ3v) is 0.771. The van der Waals surface area contributed by atoms with Gasteiger partial charge in [-0.05, 0) is 0 Å². The molecule has 0 amide bonds. The maximum absolute atomic E-state index is 6.94. The van der Waals surface area contributed by atoms with Crippen molar-refractivity contribution in [2.24, 2.45) is 0 Å². The molecule has 51 valence electrons. The van der Waals surface area contributed by atoms with Crippen molar-refractivity contribution in [1.29, 1.82) is 5.41 Å². The Morgan fingerprint density at radius 2 is 2.33 bits per heavy atom. The smallest absolute Gasteiger partial charge is 0.0631 e. The minimum Gasteiger partial charge on any atom is -0.399 e. The van der Waals surface area contributed by atoms with Gasteiger partial charge in [0.15, 0.2) is 0 Å². The number of nitrogens with zero attached hydrogens (tertiary/aromatic N) is 1. The molecule has 0 unspecified atom stereocenters. The van der Waals surface area contributed by atoms with Gasteiger partial charge in [-0.3, -0.25) is 4.98 Å².